The molecule has 0 aliphatic carbocycles. The summed E-state index contributed by atoms with van der Waals surface area (Å²) in [5.41, 5.74) is -0.187. The lowest BCUT2D eigenvalue weighted by Gasteiger charge is -2.12. The van der Waals surface area contributed by atoms with Crippen molar-refractivity contribution < 1.29 is 9.59 Å². The molecule has 0 aliphatic heterocycles. The number of hydrogen-bond acceptors (Lipinski definition) is 5. The Balaban J connectivity index is 2.01. The molecule has 0 bridgehead atoms. The highest BCUT2D eigenvalue weighted by molar-refractivity contribution is 6.31. The van der Waals surface area contributed by atoms with Gasteiger partial charge in [0.1, 0.15) is 5.65 Å². The minimum Gasteiger partial charge on any atom is -0.325 e. The first kappa shape index (κ1) is 20.3. The minimum absolute atomic E-state index is 0.110. The van der Waals surface area contributed by atoms with E-state index in [9.17, 15) is 19.2 Å². The number of carbonyl (C=O) groups excluding carboxylic acids is 2. The first-order chi connectivity index (χ1) is 13.8. The lowest BCUT2D eigenvalue weighted by atomic mass is 10.2. The second kappa shape index (κ2) is 8.27. The summed E-state index contributed by atoms with van der Waals surface area (Å²) in [4.78, 5) is 54.7. The Morgan fingerprint density at radius 2 is 1.93 bits per heavy atom. The van der Waals surface area contributed by atoms with Gasteiger partial charge in [0.25, 0.3) is 11.5 Å². The van der Waals surface area contributed by atoms with Crippen molar-refractivity contribution in [3.8, 4) is 0 Å². The van der Waals surface area contributed by atoms with Crippen LogP contribution in [0.1, 0.15) is 30.6 Å². The Kier molecular flexibility index (Phi) is 5.79. The highest BCUT2D eigenvalue weighted by atomic mass is 35.5. The second-order valence-corrected chi connectivity index (χ2v) is 6.77. The van der Waals surface area contributed by atoms with Crippen molar-refractivity contribution in [2.45, 2.75) is 26.8 Å². The van der Waals surface area contributed by atoms with Crippen LogP contribution < -0.4 is 21.9 Å². The van der Waals surface area contributed by atoms with E-state index in [2.05, 4.69) is 20.6 Å². The van der Waals surface area contributed by atoms with Gasteiger partial charge in [0.05, 0.1) is 22.3 Å². The van der Waals surface area contributed by atoms with Crippen LogP contribution >= 0.6 is 11.6 Å². The van der Waals surface area contributed by atoms with Gasteiger partial charge in [0, 0.05) is 24.7 Å². The number of pyridine rings is 1. The molecule has 3 rings (SSSR count). The maximum Gasteiger partial charge on any atom is 0.329 e. The number of anilines is 2. The monoisotopic (exact) mass is 415 g/mol. The lowest BCUT2D eigenvalue weighted by Crippen LogP contribution is -2.31. The molecule has 0 saturated carbocycles. The molecule has 2 amide bonds. The van der Waals surface area contributed by atoms with E-state index in [0.717, 1.165) is 0 Å². The number of hydrogen-bond donors (Lipinski definition) is 3. The number of benzene rings is 1. The number of aryl methyl sites for hydroxylation is 1. The molecule has 29 heavy (non-hydrogen) atoms. The fraction of sp³-hybridized carbons (Fsp3) is 0.211. The van der Waals surface area contributed by atoms with Crippen LogP contribution in [-0.2, 0) is 11.3 Å². The predicted molar refractivity (Wildman–Crippen MR) is 111 cm³/mol. The van der Waals surface area contributed by atoms with Crippen molar-refractivity contribution >= 4 is 45.8 Å². The Morgan fingerprint density at radius 3 is 2.62 bits per heavy atom. The van der Waals surface area contributed by atoms with E-state index in [1.807, 2.05) is 6.92 Å². The molecule has 2 heterocycles. The van der Waals surface area contributed by atoms with Crippen LogP contribution in [0, 0.1) is 0 Å². The van der Waals surface area contributed by atoms with E-state index in [-0.39, 0.29) is 22.5 Å². The molecule has 3 N–H and O–H groups in total. The molecule has 3 aromatic rings. The highest BCUT2D eigenvalue weighted by Crippen LogP contribution is 2.26. The first-order valence-electron chi connectivity index (χ1n) is 8.81. The molecule has 10 heteroatoms. The van der Waals surface area contributed by atoms with Gasteiger partial charge in [-0.2, -0.15) is 0 Å². The number of fused-ring (bicyclic) bond motifs is 1. The van der Waals surface area contributed by atoms with Crippen LogP contribution in [0.15, 0.2) is 40.1 Å². The molecule has 0 aliphatic rings. The summed E-state index contributed by atoms with van der Waals surface area (Å²) in [6, 6.07) is 5.99. The summed E-state index contributed by atoms with van der Waals surface area (Å²) >= 11 is 5.99. The first-order valence-corrected chi connectivity index (χ1v) is 9.19. The van der Waals surface area contributed by atoms with Crippen LogP contribution in [0.4, 0.5) is 11.4 Å². The van der Waals surface area contributed by atoms with E-state index in [1.54, 1.807) is 12.1 Å². The van der Waals surface area contributed by atoms with Crippen molar-refractivity contribution in [1.82, 2.24) is 14.5 Å². The quantitative estimate of drug-likeness (QED) is 0.589. The minimum atomic E-state index is -0.624. The molecule has 0 spiro atoms. The van der Waals surface area contributed by atoms with Gasteiger partial charge in [0.2, 0.25) is 5.91 Å². The topological polar surface area (TPSA) is 126 Å². The van der Waals surface area contributed by atoms with E-state index >= 15 is 0 Å². The number of carbonyl (C=O) groups is 2. The molecule has 0 fully saturated rings. The fourth-order valence-electron chi connectivity index (χ4n) is 2.84. The summed E-state index contributed by atoms with van der Waals surface area (Å²) < 4.78 is 1.35. The van der Waals surface area contributed by atoms with Crippen molar-refractivity contribution in [2.75, 3.05) is 10.6 Å². The summed E-state index contributed by atoms with van der Waals surface area (Å²) in [6.45, 7) is 3.62. The number of aromatic amines is 1. The molecule has 0 atom stereocenters. The van der Waals surface area contributed by atoms with Crippen molar-refractivity contribution in [3.63, 3.8) is 0 Å². The molecular weight excluding hydrogens is 398 g/mol. The molecular formula is C19H18ClN5O4. The van der Waals surface area contributed by atoms with Gasteiger partial charge in [-0.05, 0) is 30.7 Å². The summed E-state index contributed by atoms with van der Waals surface area (Å²) in [7, 11) is 0. The van der Waals surface area contributed by atoms with Gasteiger partial charge in [0.15, 0.2) is 0 Å². The van der Waals surface area contributed by atoms with Crippen LogP contribution in [0.3, 0.4) is 0 Å². The highest BCUT2D eigenvalue weighted by Gasteiger charge is 2.15. The Morgan fingerprint density at radius 1 is 1.17 bits per heavy atom. The van der Waals surface area contributed by atoms with E-state index < -0.39 is 17.2 Å². The van der Waals surface area contributed by atoms with Crippen LogP contribution in [0.5, 0.6) is 0 Å². The molecule has 9 nitrogen and oxygen atoms in total. The third-order valence-electron chi connectivity index (χ3n) is 4.08. The number of nitrogens with zero attached hydrogens (tertiary/aromatic N) is 2. The maximum atomic E-state index is 12.7. The number of amides is 2. The van der Waals surface area contributed by atoms with Crippen molar-refractivity contribution in [2.24, 2.45) is 0 Å². The van der Waals surface area contributed by atoms with Crippen LogP contribution in [0.2, 0.25) is 5.02 Å². The smallest absolute Gasteiger partial charge is 0.325 e. The second-order valence-electron chi connectivity index (χ2n) is 6.33. The van der Waals surface area contributed by atoms with Crippen LogP contribution in [-0.4, -0.2) is 26.3 Å². The summed E-state index contributed by atoms with van der Waals surface area (Å²) in [5.74, 6) is -0.864. The fourth-order valence-corrected chi connectivity index (χ4v) is 3.01. The van der Waals surface area contributed by atoms with Crippen molar-refractivity contribution in [3.05, 3.63) is 61.9 Å². The largest absolute Gasteiger partial charge is 0.329 e. The third-order valence-corrected chi connectivity index (χ3v) is 4.32. The summed E-state index contributed by atoms with van der Waals surface area (Å²) in [5, 5.41) is 5.74. The molecule has 0 unspecified atom stereocenters. The Bertz CT molecular complexity index is 1230. The average Bonchev–Trinajstić information content (AvgIpc) is 2.66. The SMILES string of the molecule is CCCn1c(=O)[nH]c(=O)c2cc(C(=O)Nc3cc(Cl)ccc3NC(C)=O)cnc21. The standard InChI is InChI=1S/C19H18ClN5O4/c1-3-6-25-16-13(18(28)24-19(25)29)7-11(9-21-16)17(27)23-15-8-12(20)4-5-14(15)22-10(2)26/h4-5,7-9H,3,6H2,1-2H3,(H,22,26)(H,23,27)(H,24,28,29). The zero-order valence-electron chi connectivity index (χ0n) is 15.7. The van der Waals surface area contributed by atoms with Gasteiger partial charge in [-0.15, -0.1) is 0 Å². The van der Waals surface area contributed by atoms with Gasteiger partial charge in [-0.3, -0.25) is 23.9 Å². The molecule has 1 aromatic carbocycles. The number of aromatic nitrogens is 3. The zero-order valence-corrected chi connectivity index (χ0v) is 16.5. The van der Waals surface area contributed by atoms with Gasteiger partial charge in [-0.1, -0.05) is 18.5 Å². The number of rotatable bonds is 5. The Labute approximate surface area is 169 Å². The third kappa shape index (κ3) is 4.35. The predicted octanol–water partition coefficient (Wildman–Crippen LogP) is 2.36. The lowest BCUT2D eigenvalue weighted by molar-refractivity contribution is -0.114. The molecule has 0 radical (unpaired) electrons. The van der Waals surface area contributed by atoms with E-state index in [0.29, 0.717) is 29.4 Å². The molecule has 0 saturated heterocycles. The van der Waals surface area contributed by atoms with E-state index in [1.165, 1.54) is 29.8 Å². The number of H-pyrrole nitrogens is 1. The number of halogens is 1. The average molecular weight is 416 g/mol. The Hall–Kier alpha value is -3.46. The van der Waals surface area contributed by atoms with E-state index in [4.69, 9.17) is 11.6 Å². The van der Waals surface area contributed by atoms with Gasteiger partial charge >= 0.3 is 5.69 Å². The van der Waals surface area contributed by atoms with Crippen molar-refractivity contribution in [1.29, 1.82) is 0 Å². The maximum absolute atomic E-state index is 12.7. The van der Waals surface area contributed by atoms with Gasteiger partial charge < -0.3 is 10.6 Å². The molecule has 2 aromatic heterocycles. The normalized spacial score (nSPS) is 10.7. The number of nitrogens with one attached hydrogen (secondary N) is 3. The van der Waals surface area contributed by atoms with Gasteiger partial charge in [-0.25, -0.2) is 9.78 Å². The zero-order chi connectivity index (χ0) is 21.1. The summed E-state index contributed by atoms with van der Waals surface area (Å²) in [6.07, 6.45) is 1.96. The molecule has 150 valence electrons. The van der Waals surface area contributed by atoms with Crippen LogP contribution in [0.25, 0.3) is 11.0 Å².